The van der Waals surface area contributed by atoms with E-state index in [-0.39, 0.29) is 11.6 Å². The molecule has 3 aromatic rings. The Morgan fingerprint density at radius 1 is 1.11 bits per heavy atom. The van der Waals surface area contributed by atoms with Crippen molar-refractivity contribution in [2.45, 2.75) is 13.8 Å². The van der Waals surface area contributed by atoms with E-state index in [1.165, 1.54) is 12.1 Å². The summed E-state index contributed by atoms with van der Waals surface area (Å²) in [5.41, 5.74) is 9.45. The van der Waals surface area contributed by atoms with Gasteiger partial charge in [-0.2, -0.15) is 5.10 Å². The smallest absolute Gasteiger partial charge is 0.270 e. The monoisotopic (exact) mass is 377 g/mol. The number of aryl methyl sites for hydroxylation is 1. The Labute approximate surface area is 161 Å². The van der Waals surface area contributed by atoms with Crippen LogP contribution >= 0.6 is 0 Å². The number of benzene rings is 2. The molecule has 0 atom stereocenters. The summed E-state index contributed by atoms with van der Waals surface area (Å²) in [5.74, 6) is -0.199. The number of nitrogens with one attached hydrogen (secondary N) is 2. The third kappa shape index (κ3) is 4.24. The Morgan fingerprint density at radius 2 is 1.79 bits per heavy atom. The maximum Gasteiger partial charge on any atom is 0.270 e. The SMILES string of the molecule is Cc1cc(/C=N\Nc2ccc([N+](=O)[O-])cc2)c(C)n1NC(=O)c1ccccc1. The minimum Gasteiger partial charge on any atom is -0.278 e. The highest BCUT2D eigenvalue weighted by atomic mass is 16.6. The molecule has 1 amide bonds. The van der Waals surface area contributed by atoms with Gasteiger partial charge in [0.25, 0.3) is 11.6 Å². The molecule has 1 heterocycles. The highest BCUT2D eigenvalue weighted by Gasteiger charge is 2.11. The van der Waals surface area contributed by atoms with Gasteiger partial charge in [-0.05, 0) is 44.2 Å². The Hall–Kier alpha value is -3.94. The number of nitro benzene ring substituents is 1. The summed E-state index contributed by atoms with van der Waals surface area (Å²) in [6.07, 6.45) is 1.63. The molecule has 8 heteroatoms. The number of aromatic nitrogens is 1. The van der Waals surface area contributed by atoms with Gasteiger partial charge in [0.05, 0.1) is 16.8 Å². The van der Waals surface area contributed by atoms with Crippen LogP contribution in [-0.2, 0) is 0 Å². The molecule has 0 spiro atoms. The van der Waals surface area contributed by atoms with Crippen molar-refractivity contribution in [3.63, 3.8) is 0 Å². The number of hydrogen-bond acceptors (Lipinski definition) is 5. The largest absolute Gasteiger partial charge is 0.278 e. The molecule has 0 radical (unpaired) electrons. The van der Waals surface area contributed by atoms with Crippen LogP contribution in [0.15, 0.2) is 65.8 Å². The minimum atomic E-state index is -0.453. The second kappa shape index (κ2) is 8.17. The summed E-state index contributed by atoms with van der Waals surface area (Å²) in [7, 11) is 0. The molecule has 0 fully saturated rings. The third-order valence-corrected chi connectivity index (χ3v) is 4.20. The number of hydrogen-bond donors (Lipinski definition) is 2. The van der Waals surface area contributed by atoms with Crippen LogP contribution in [0.3, 0.4) is 0 Å². The van der Waals surface area contributed by atoms with E-state index in [0.29, 0.717) is 11.3 Å². The van der Waals surface area contributed by atoms with Crippen molar-refractivity contribution >= 4 is 23.5 Å². The standard InChI is InChI=1S/C20H19N5O3/c1-14-12-17(13-21-22-18-8-10-19(11-9-18)25(27)28)15(2)24(14)23-20(26)16-6-4-3-5-7-16/h3-13,22H,1-2H3,(H,23,26)/b21-13-. The van der Waals surface area contributed by atoms with Gasteiger partial charge in [-0.3, -0.25) is 30.4 Å². The average Bonchev–Trinajstić information content (AvgIpc) is 2.96. The third-order valence-electron chi connectivity index (χ3n) is 4.20. The average molecular weight is 377 g/mol. The molecule has 3 rings (SSSR count). The molecule has 0 aliphatic heterocycles. The summed E-state index contributed by atoms with van der Waals surface area (Å²) in [6, 6.07) is 16.9. The van der Waals surface area contributed by atoms with Gasteiger partial charge in [0.15, 0.2) is 0 Å². The number of rotatable bonds is 6. The van der Waals surface area contributed by atoms with E-state index in [2.05, 4.69) is 16.0 Å². The zero-order chi connectivity index (χ0) is 20.1. The molecule has 142 valence electrons. The first kappa shape index (κ1) is 18.8. The number of nitro groups is 1. The molecule has 0 aliphatic carbocycles. The lowest BCUT2D eigenvalue weighted by Gasteiger charge is -2.11. The van der Waals surface area contributed by atoms with Crippen LogP contribution in [0.2, 0.25) is 0 Å². The predicted molar refractivity (Wildman–Crippen MR) is 108 cm³/mol. The first-order chi connectivity index (χ1) is 13.5. The molecular formula is C20H19N5O3. The summed E-state index contributed by atoms with van der Waals surface area (Å²) < 4.78 is 1.71. The van der Waals surface area contributed by atoms with Crippen LogP contribution in [0.1, 0.15) is 27.3 Å². The van der Waals surface area contributed by atoms with Gasteiger partial charge in [-0.25, -0.2) is 0 Å². The van der Waals surface area contributed by atoms with E-state index in [4.69, 9.17) is 0 Å². The zero-order valence-electron chi connectivity index (χ0n) is 15.4. The van der Waals surface area contributed by atoms with Gasteiger partial charge in [-0.15, -0.1) is 0 Å². The highest BCUT2D eigenvalue weighted by molar-refractivity contribution is 6.00. The van der Waals surface area contributed by atoms with E-state index < -0.39 is 4.92 Å². The molecule has 8 nitrogen and oxygen atoms in total. The second-order valence-corrected chi connectivity index (χ2v) is 6.14. The number of carbonyl (C=O) groups is 1. The number of anilines is 1. The lowest BCUT2D eigenvalue weighted by atomic mass is 10.2. The van der Waals surface area contributed by atoms with E-state index in [1.54, 1.807) is 35.2 Å². The van der Waals surface area contributed by atoms with Crippen LogP contribution in [0.4, 0.5) is 11.4 Å². The van der Waals surface area contributed by atoms with Crippen molar-refractivity contribution in [1.82, 2.24) is 4.68 Å². The summed E-state index contributed by atoms with van der Waals surface area (Å²) in [5, 5.41) is 14.8. The fourth-order valence-corrected chi connectivity index (χ4v) is 2.68. The molecule has 0 bridgehead atoms. The molecule has 1 aromatic heterocycles. The van der Waals surface area contributed by atoms with Crippen LogP contribution in [0, 0.1) is 24.0 Å². The Bertz CT molecular complexity index is 1020. The van der Waals surface area contributed by atoms with Gasteiger partial charge >= 0.3 is 0 Å². The normalized spacial score (nSPS) is 10.8. The van der Waals surface area contributed by atoms with E-state index >= 15 is 0 Å². The predicted octanol–water partition coefficient (Wildman–Crippen LogP) is 3.84. The van der Waals surface area contributed by atoms with Gasteiger partial charge in [-0.1, -0.05) is 18.2 Å². The maximum atomic E-state index is 12.4. The molecule has 2 aromatic carbocycles. The minimum absolute atomic E-state index is 0.0206. The van der Waals surface area contributed by atoms with Crippen molar-refractivity contribution in [1.29, 1.82) is 0 Å². The van der Waals surface area contributed by atoms with E-state index in [1.807, 2.05) is 38.1 Å². The van der Waals surface area contributed by atoms with Crippen molar-refractivity contribution in [2.75, 3.05) is 10.9 Å². The van der Waals surface area contributed by atoms with Crippen molar-refractivity contribution in [2.24, 2.45) is 5.10 Å². The van der Waals surface area contributed by atoms with Crippen LogP contribution < -0.4 is 10.9 Å². The first-order valence-corrected chi connectivity index (χ1v) is 8.54. The number of amides is 1. The fraction of sp³-hybridized carbons (Fsp3) is 0.100. The molecular weight excluding hydrogens is 358 g/mol. The second-order valence-electron chi connectivity index (χ2n) is 6.14. The molecule has 28 heavy (non-hydrogen) atoms. The number of non-ortho nitro benzene ring substituents is 1. The Balaban J connectivity index is 1.70. The molecule has 0 unspecified atom stereocenters. The van der Waals surface area contributed by atoms with Crippen LogP contribution in [-0.4, -0.2) is 21.7 Å². The number of nitrogens with zero attached hydrogens (tertiary/aromatic N) is 3. The van der Waals surface area contributed by atoms with Gasteiger partial charge in [0.2, 0.25) is 0 Å². The molecule has 2 N–H and O–H groups in total. The maximum absolute atomic E-state index is 12.4. The Morgan fingerprint density at radius 3 is 2.43 bits per heavy atom. The fourth-order valence-electron chi connectivity index (χ4n) is 2.68. The molecule has 0 saturated heterocycles. The van der Waals surface area contributed by atoms with Crippen LogP contribution in [0.5, 0.6) is 0 Å². The molecule has 0 aliphatic rings. The quantitative estimate of drug-likeness (QED) is 0.387. The lowest BCUT2D eigenvalue weighted by Crippen LogP contribution is -2.24. The van der Waals surface area contributed by atoms with Gasteiger partial charge < -0.3 is 0 Å². The van der Waals surface area contributed by atoms with Gasteiger partial charge in [0, 0.05) is 34.6 Å². The number of hydrazone groups is 1. The Kier molecular flexibility index (Phi) is 5.50. The topological polar surface area (TPSA) is 102 Å². The highest BCUT2D eigenvalue weighted by Crippen LogP contribution is 2.16. The van der Waals surface area contributed by atoms with Crippen molar-refractivity contribution in [3.8, 4) is 0 Å². The molecule has 0 saturated carbocycles. The van der Waals surface area contributed by atoms with Crippen LogP contribution in [0.25, 0.3) is 0 Å². The van der Waals surface area contributed by atoms with Crippen molar-refractivity contribution in [3.05, 3.63) is 93.3 Å². The van der Waals surface area contributed by atoms with Crippen molar-refractivity contribution < 1.29 is 9.72 Å². The first-order valence-electron chi connectivity index (χ1n) is 8.54. The summed E-state index contributed by atoms with van der Waals surface area (Å²) in [4.78, 5) is 22.6. The lowest BCUT2D eigenvalue weighted by molar-refractivity contribution is -0.384. The zero-order valence-corrected chi connectivity index (χ0v) is 15.4. The summed E-state index contributed by atoms with van der Waals surface area (Å²) >= 11 is 0. The number of carbonyl (C=O) groups excluding carboxylic acids is 1. The van der Waals surface area contributed by atoms with Gasteiger partial charge in [0.1, 0.15) is 0 Å². The van der Waals surface area contributed by atoms with E-state index in [0.717, 1.165) is 17.0 Å². The van der Waals surface area contributed by atoms with E-state index in [9.17, 15) is 14.9 Å². The summed E-state index contributed by atoms with van der Waals surface area (Å²) in [6.45, 7) is 3.77.